The normalized spacial score (nSPS) is 20.6. The van der Waals surface area contributed by atoms with Crippen molar-refractivity contribution in [2.75, 3.05) is 19.8 Å². The van der Waals surface area contributed by atoms with Gasteiger partial charge in [0, 0.05) is 11.6 Å². The Morgan fingerprint density at radius 1 is 1.00 bits per heavy atom. The fourth-order valence-electron chi connectivity index (χ4n) is 3.98. The predicted molar refractivity (Wildman–Crippen MR) is 115 cm³/mol. The molecule has 0 amide bonds. The molecule has 0 N–H and O–H groups in total. The molecule has 4 unspecified atom stereocenters. The second kappa shape index (κ2) is 11.5. The Kier molecular flexibility index (Phi) is 8.79. The number of benzene rings is 2. The first-order valence-electron chi connectivity index (χ1n) is 11.2. The number of hydrogen-bond donors (Lipinski definition) is 0. The maximum atomic E-state index is 14.6. The van der Waals surface area contributed by atoms with Crippen LogP contribution in [0.4, 0.5) is 17.6 Å². The van der Waals surface area contributed by atoms with Gasteiger partial charge in [-0.2, -0.15) is 0 Å². The molecule has 0 aromatic heterocycles. The van der Waals surface area contributed by atoms with E-state index in [0.29, 0.717) is 30.4 Å². The Morgan fingerprint density at radius 2 is 1.81 bits per heavy atom. The van der Waals surface area contributed by atoms with Crippen LogP contribution in [0.15, 0.2) is 36.4 Å². The van der Waals surface area contributed by atoms with E-state index in [1.54, 1.807) is 13.0 Å². The smallest absolute Gasteiger partial charge is 0.169 e. The first kappa shape index (κ1) is 24.4. The molecule has 2 aromatic carbocycles. The molecule has 4 atom stereocenters. The lowest BCUT2D eigenvalue weighted by molar-refractivity contribution is -0.0196. The summed E-state index contributed by atoms with van der Waals surface area (Å²) in [6.45, 7) is 4.13. The van der Waals surface area contributed by atoms with Crippen LogP contribution < -0.4 is 9.47 Å². The van der Waals surface area contributed by atoms with Gasteiger partial charge in [0.15, 0.2) is 23.9 Å². The maximum Gasteiger partial charge on any atom is 0.169 e. The monoisotopic (exact) mass is 454 g/mol. The molecular formula is C25H30F4O3. The minimum atomic E-state index is -2.24. The van der Waals surface area contributed by atoms with E-state index >= 15 is 0 Å². The van der Waals surface area contributed by atoms with Crippen LogP contribution in [0, 0.1) is 17.6 Å². The topological polar surface area (TPSA) is 27.7 Å². The molecule has 0 saturated carbocycles. The minimum Gasteiger partial charge on any atom is -0.494 e. The van der Waals surface area contributed by atoms with Crippen LogP contribution in [0.2, 0.25) is 0 Å². The third kappa shape index (κ3) is 6.15. The molecule has 1 heterocycles. The SMILES string of the molecule is CCCC1CCC(c2ccc(C(F)C(F)COc3ccc(OCC)cc3F)c(F)c2)OC1. The molecule has 1 fully saturated rings. The van der Waals surface area contributed by atoms with E-state index in [2.05, 4.69) is 6.92 Å². The molecule has 1 saturated heterocycles. The number of alkyl halides is 2. The predicted octanol–water partition coefficient (Wildman–Crippen LogP) is 7.06. The molecule has 0 bridgehead atoms. The van der Waals surface area contributed by atoms with Gasteiger partial charge in [-0.25, -0.2) is 17.6 Å². The fourth-order valence-corrected chi connectivity index (χ4v) is 3.98. The third-order valence-electron chi connectivity index (χ3n) is 5.69. The largest absolute Gasteiger partial charge is 0.494 e. The number of hydrogen-bond acceptors (Lipinski definition) is 3. The highest BCUT2D eigenvalue weighted by Gasteiger charge is 2.28. The summed E-state index contributed by atoms with van der Waals surface area (Å²) in [5, 5.41) is 0. The summed E-state index contributed by atoms with van der Waals surface area (Å²) in [5.41, 5.74) is 0.230. The highest BCUT2D eigenvalue weighted by Crippen LogP contribution is 2.35. The molecule has 32 heavy (non-hydrogen) atoms. The van der Waals surface area contributed by atoms with Gasteiger partial charge in [0.2, 0.25) is 0 Å². The molecule has 0 spiro atoms. The molecule has 3 rings (SSSR count). The number of halogens is 4. The van der Waals surface area contributed by atoms with Crippen LogP contribution in [0.1, 0.15) is 62.9 Å². The van der Waals surface area contributed by atoms with E-state index in [9.17, 15) is 17.6 Å². The zero-order chi connectivity index (χ0) is 23.1. The van der Waals surface area contributed by atoms with Gasteiger partial charge in [-0.15, -0.1) is 0 Å². The van der Waals surface area contributed by atoms with Crippen LogP contribution in [-0.4, -0.2) is 26.0 Å². The fraction of sp³-hybridized carbons (Fsp3) is 0.520. The summed E-state index contributed by atoms with van der Waals surface area (Å²) in [4.78, 5) is 0. The molecule has 1 aliphatic heterocycles. The van der Waals surface area contributed by atoms with Crippen molar-refractivity contribution in [2.24, 2.45) is 5.92 Å². The van der Waals surface area contributed by atoms with Gasteiger partial charge in [-0.3, -0.25) is 0 Å². The van der Waals surface area contributed by atoms with Crippen molar-refractivity contribution in [3.63, 3.8) is 0 Å². The molecule has 1 aliphatic rings. The first-order valence-corrected chi connectivity index (χ1v) is 11.2. The first-order chi connectivity index (χ1) is 15.4. The number of rotatable bonds is 10. The van der Waals surface area contributed by atoms with Crippen molar-refractivity contribution in [1.82, 2.24) is 0 Å². The van der Waals surface area contributed by atoms with Gasteiger partial charge in [0.05, 0.1) is 19.3 Å². The summed E-state index contributed by atoms with van der Waals surface area (Å²) in [5.74, 6) is -0.979. The Hall–Kier alpha value is -2.28. The van der Waals surface area contributed by atoms with Crippen LogP contribution in [0.25, 0.3) is 0 Å². The zero-order valence-electron chi connectivity index (χ0n) is 18.5. The van der Waals surface area contributed by atoms with Crippen molar-refractivity contribution >= 4 is 0 Å². The number of ether oxygens (including phenoxy) is 3. The molecule has 7 heteroatoms. The van der Waals surface area contributed by atoms with Crippen molar-refractivity contribution in [3.05, 3.63) is 59.2 Å². The van der Waals surface area contributed by atoms with E-state index in [1.165, 1.54) is 24.3 Å². The van der Waals surface area contributed by atoms with Gasteiger partial charge < -0.3 is 14.2 Å². The van der Waals surface area contributed by atoms with E-state index in [4.69, 9.17) is 14.2 Å². The minimum absolute atomic E-state index is 0.227. The Labute approximate surface area is 186 Å². The van der Waals surface area contributed by atoms with E-state index in [-0.39, 0.29) is 11.9 Å². The summed E-state index contributed by atoms with van der Waals surface area (Å²) < 4.78 is 73.7. The average Bonchev–Trinajstić information content (AvgIpc) is 2.79. The van der Waals surface area contributed by atoms with Crippen LogP contribution in [0.5, 0.6) is 11.5 Å². The molecule has 2 aromatic rings. The second-order valence-electron chi connectivity index (χ2n) is 8.09. The van der Waals surface area contributed by atoms with Gasteiger partial charge >= 0.3 is 0 Å². The highest BCUT2D eigenvalue weighted by atomic mass is 19.2. The van der Waals surface area contributed by atoms with Crippen molar-refractivity contribution < 1.29 is 31.8 Å². The van der Waals surface area contributed by atoms with Crippen molar-refractivity contribution in [3.8, 4) is 11.5 Å². The van der Waals surface area contributed by atoms with Gasteiger partial charge in [0.25, 0.3) is 0 Å². The average molecular weight is 455 g/mol. The zero-order valence-corrected chi connectivity index (χ0v) is 18.5. The van der Waals surface area contributed by atoms with Crippen LogP contribution in [0.3, 0.4) is 0 Å². The lowest BCUT2D eigenvalue weighted by Crippen LogP contribution is -2.22. The molecule has 3 nitrogen and oxygen atoms in total. The van der Waals surface area contributed by atoms with Gasteiger partial charge in [0.1, 0.15) is 18.2 Å². The Morgan fingerprint density at radius 3 is 2.44 bits per heavy atom. The quantitative estimate of drug-likeness (QED) is 0.360. The Balaban J connectivity index is 1.58. The standard InChI is InChI=1S/C25H30F4O3/c1-3-5-16-6-10-23(31-14-16)17-7-9-19(20(26)12-17)25(29)22(28)15-32-24-11-8-18(30-4-2)13-21(24)27/h7-9,11-13,16,22-23,25H,3-6,10,14-15H2,1-2H3. The summed E-state index contributed by atoms with van der Waals surface area (Å²) in [6, 6.07) is 7.90. The second-order valence-corrected chi connectivity index (χ2v) is 8.09. The summed E-state index contributed by atoms with van der Waals surface area (Å²) >= 11 is 0. The highest BCUT2D eigenvalue weighted by molar-refractivity contribution is 5.33. The Bertz CT molecular complexity index is 868. The molecular weight excluding hydrogens is 424 g/mol. The lowest BCUT2D eigenvalue weighted by atomic mass is 9.91. The van der Waals surface area contributed by atoms with E-state index < -0.39 is 36.1 Å². The molecule has 0 radical (unpaired) electrons. The molecule has 0 aliphatic carbocycles. The summed E-state index contributed by atoms with van der Waals surface area (Å²) in [7, 11) is 0. The van der Waals surface area contributed by atoms with Crippen LogP contribution in [-0.2, 0) is 4.74 Å². The van der Waals surface area contributed by atoms with Gasteiger partial charge in [-0.05, 0) is 55.9 Å². The van der Waals surface area contributed by atoms with Crippen molar-refractivity contribution in [1.29, 1.82) is 0 Å². The summed E-state index contributed by atoms with van der Waals surface area (Å²) in [6.07, 6.45) is -0.673. The maximum absolute atomic E-state index is 14.6. The van der Waals surface area contributed by atoms with E-state index in [0.717, 1.165) is 31.7 Å². The van der Waals surface area contributed by atoms with E-state index in [1.807, 2.05) is 0 Å². The van der Waals surface area contributed by atoms with Crippen molar-refractivity contribution in [2.45, 2.75) is 58.0 Å². The third-order valence-corrected chi connectivity index (χ3v) is 5.69. The lowest BCUT2D eigenvalue weighted by Gasteiger charge is -2.29. The van der Waals surface area contributed by atoms with Crippen LogP contribution >= 0.6 is 0 Å². The molecule has 176 valence electrons. The van der Waals surface area contributed by atoms with Gasteiger partial charge in [-0.1, -0.05) is 25.5 Å².